The van der Waals surface area contributed by atoms with E-state index < -0.39 is 21.8 Å². The van der Waals surface area contributed by atoms with E-state index in [-0.39, 0.29) is 51.8 Å². The Bertz CT molecular complexity index is 192. The molecule has 0 aliphatic rings. The van der Waals surface area contributed by atoms with Gasteiger partial charge in [0.15, 0.2) is 0 Å². The predicted octanol–water partition coefficient (Wildman–Crippen LogP) is -1.37. The molecule has 0 bridgehead atoms. The standard InChI is InChI=1S/2Mg.H2O6S2.4H/c;;1-7(2)6-8(3,4)5;;;;/h;;(H,1,2)(H,3,4,5);;;;/q2*+2;;4*-1. The van der Waals surface area contributed by atoms with E-state index >= 15 is 0 Å². The van der Waals surface area contributed by atoms with Gasteiger partial charge in [0.05, 0.1) is 0 Å². The van der Waals surface area contributed by atoms with Crippen LogP contribution in [0.5, 0.6) is 0 Å². The topological polar surface area (TPSA) is 101 Å². The van der Waals surface area contributed by atoms with E-state index in [1.165, 1.54) is 0 Å². The molecule has 0 amide bonds. The van der Waals surface area contributed by atoms with Crippen LogP contribution in [0.1, 0.15) is 5.71 Å². The molecule has 0 aromatic rings. The van der Waals surface area contributed by atoms with Crippen molar-refractivity contribution in [3.05, 3.63) is 0 Å². The molecule has 0 aromatic carbocycles. The molecule has 1 atom stereocenters. The van der Waals surface area contributed by atoms with Gasteiger partial charge in [0.25, 0.3) is 0 Å². The van der Waals surface area contributed by atoms with E-state index in [1.54, 1.807) is 0 Å². The average molecular weight is 215 g/mol. The summed E-state index contributed by atoms with van der Waals surface area (Å²) in [6.45, 7) is 0. The largest absolute Gasteiger partial charge is 2.00 e. The van der Waals surface area contributed by atoms with Gasteiger partial charge in [-0.15, -0.1) is 3.63 Å². The third-order valence-electron chi connectivity index (χ3n) is 0.144. The van der Waals surface area contributed by atoms with Gasteiger partial charge in [0, 0.05) is 0 Å². The van der Waals surface area contributed by atoms with Crippen LogP contribution >= 0.6 is 0 Å². The van der Waals surface area contributed by atoms with E-state index in [4.69, 9.17) is 9.11 Å². The molecule has 58 valence electrons. The van der Waals surface area contributed by atoms with Gasteiger partial charge in [-0.2, -0.15) is 12.6 Å². The van der Waals surface area contributed by atoms with E-state index in [1.807, 2.05) is 0 Å². The minimum absolute atomic E-state index is 0. The molecular formula is H6Mg2O6S2. The Morgan fingerprint density at radius 3 is 1.70 bits per heavy atom. The van der Waals surface area contributed by atoms with Crippen molar-refractivity contribution in [3.8, 4) is 0 Å². The second kappa shape index (κ2) is 7.18. The zero-order valence-corrected chi connectivity index (χ0v) is 9.22. The summed E-state index contributed by atoms with van der Waals surface area (Å²) < 4.78 is 46.4. The Morgan fingerprint density at radius 1 is 1.40 bits per heavy atom. The fraction of sp³-hybridized carbons (Fsp3) is 0. The van der Waals surface area contributed by atoms with Gasteiger partial charge in [-0.1, -0.05) is 0 Å². The number of rotatable bonds is 2. The van der Waals surface area contributed by atoms with E-state index in [9.17, 15) is 12.6 Å². The van der Waals surface area contributed by atoms with E-state index in [0.717, 1.165) is 0 Å². The van der Waals surface area contributed by atoms with Crippen molar-refractivity contribution in [1.82, 2.24) is 0 Å². The Morgan fingerprint density at radius 2 is 1.70 bits per heavy atom. The van der Waals surface area contributed by atoms with Crippen LogP contribution in [0.25, 0.3) is 0 Å². The maximum absolute atomic E-state index is 9.42. The van der Waals surface area contributed by atoms with Crippen LogP contribution in [0.15, 0.2) is 0 Å². The van der Waals surface area contributed by atoms with Gasteiger partial charge >= 0.3 is 67.9 Å². The van der Waals surface area contributed by atoms with Gasteiger partial charge in [-0.3, -0.25) is 9.11 Å². The van der Waals surface area contributed by atoms with Gasteiger partial charge in [-0.05, 0) is 0 Å². The molecule has 10 heteroatoms. The van der Waals surface area contributed by atoms with E-state index in [0.29, 0.717) is 0 Å². The molecule has 0 heterocycles. The molecule has 10 heavy (non-hydrogen) atoms. The number of hydrogen-bond acceptors (Lipinski definition) is 4. The minimum Gasteiger partial charge on any atom is -1.00 e. The Kier molecular flexibility index (Phi) is 12.6. The first-order valence-corrected chi connectivity index (χ1v) is 3.60. The SMILES string of the molecule is O=S(O)OS(=O)(=O)O.[H-].[H-].[H-].[H-].[Mg+2].[Mg+2]. The second-order valence-corrected chi connectivity index (χ2v) is 2.55. The molecule has 0 saturated carbocycles. The summed E-state index contributed by atoms with van der Waals surface area (Å²) in [7, 11) is -4.77. The third kappa shape index (κ3) is 16.3. The summed E-state index contributed by atoms with van der Waals surface area (Å²) in [6, 6.07) is 0. The summed E-state index contributed by atoms with van der Waals surface area (Å²) in [5.41, 5.74) is 0. The molecule has 0 rings (SSSR count). The molecule has 0 spiro atoms. The van der Waals surface area contributed by atoms with Crippen LogP contribution in [-0.2, 0) is 25.4 Å². The second-order valence-electron chi connectivity index (χ2n) is 0.713. The van der Waals surface area contributed by atoms with Crippen LogP contribution in [0.4, 0.5) is 0 Å². The molecule has 2 N–H and O–H groups in total. The van der Waals surface area contributed by atoms with Crippen LogP contribution in [0.2, 0.25) is 0 Å². The Hall–Kier alpha value is 1.51. The Labute approximate surface area is 98.4 Å². The van der Waals surface area contributed by atoms with Crippen molar-refractivity contribution in [2.75, 3.05) is 0 Å². The zero-order chi connectivity index (χ0) is 6.78. The van der Waals surface area contributed by atoms with Crippen molar-refractivity contribution >= 4 is 67.9 Å². The first kappa shape index (κ1) is 17.6. The van der Waals surface area contributed by atoms with Gasteiger partial charge in [0.2, 0.25) is 0 Å². The van der Waals surface area contributed by atoms with Gasteiger partial charge in [-0.25, -0.2) is 0 Å². The minimum atomic E-state index is -4.77. The molecule has 0 aliphatic heterocycles. The Balaban J connectivity index is -0.0000000163. The molecule has 6 nitrogen and oxygen atoms in total. The van der Waals surface area contributed by atoms with Crippen molar-refractivity contribution in [2.24, 2.45) is 0 Å². The van der Waals surface area contributed by atoms with Crippen molar-refractivity contribution in [2.45, 2.75) is 0 Å². The van der Waals surface area contributed by atoms with Crippen molar-refractivity contribution in [1.29, 1.82) is 0 Å². The molecule has 0 radical (unpaired) electrons. The molecule has 0 aromatic heterocycles. The summed E-state index contributed by atoms with van der Waals surface area (Å²) in [6.07, 6.45) is 0. The third-order valence-corrected chi connectivity index (χ3v) is 1.30. The van der Waals surface area contributed by atoms with Crippen LogP contribution < -0.4 is 0 Å². The molecule has 0 fully saturated rings. The normalized spacial score (nSPS) is 12.6. The summed E-state index contributed by atoms with van der Waals surface area (Å²) >= 11 is -2.97. The van der Waals surface area contributed by atoms with Gasteiger partial charge < -0.3 is 5.71 Å². The van der Waals surface area contributed by atoms with Crippen LogP contribution in [-0.4, -0.2) is 67.8 Å². The monoisotopic (exact) mass is 214 g/mol. The van der Waals surface area contributed by atoms with Crippen molar-refractivity contribution in [3.63, 3.8) is 0 Å². The van der Waals surface area contributed by atoms with Gasteiger partial charge in [0.1, 0.15) is 0 Å². The zero-order valence-electron chi connectivity index (χ0n) is 8.76. The molecule has 0 saturated heterocycles. The van der Waals surface area contributed by atoms with Crippen LogP contribution in [0.3, 0.4) is 0 Å². The summed E-state index contributed by atoms with van der Waals surface area (Å²) in [5.74, 6) is 0. The quantitative estimate of drug-likeness (QED) is 0.334. The average Bonchev–Trinajstić information content (AvgIpc) is 1.21. The summed E-state index contributed by atoms with van der Waals surface area (Å²) in [5, 5.41) is 0. The van der Waals surface area contributed by atoms with E-state index in [2.05, 4.69) is 3.63 Å². The first-order valence-electron chi connectivity index (χ1n) is 1.20. The van der Waals surface area contributed by atoms with Crippen LogP contribution in [0, 0.1) is 0 Å². The molecule has 1 unspecified atom stereocenters. The fourth-order valence-electron chi connectivity index (χ4n) is 0.0736. The molecular weight excluding hydrogens is 209 g/mol. The molecule has 0 aliphatic carbocycles. The first-order chi connectivity index (χ1) is 3.42. The van der Waals surface area contributed by atoms with Crippen molar-refractivity contribution < 1.29 is 31.1 Å². The maximum Gasteiger partial charge on any atom is 2.00 e. The number of hydrogen-bond donors (Lipinski definition) is 2. The predicted molar refractivity (Wildman–Crippen MR) is 39.4 cm³/mol. The fourth-order valence-corrected chi connectivity index (χ4v) is 0.662. The smallest absolute Gasteiger partial charge is 1.00 e. The maximum atomic E-state index is 9.42. The summed E-state index contributed by atoms with van der Waals surface area (Å²) in [4.78, 5) is 0.